The minimum atomic E-state index is -0.421. The molecule has 0 radical (unpaired) electrons. The third-order valence-electron chi connectivity index (χ3n) is 3.56. The van der Waals surface area contributed by atoms with E-state index in [4.69, 9.17) is 0 Å². The monoisotopic (exact) mass is 259 g/mol. The summed E-state index contributed by atoms with van der Waals surface area (Å²) in [5.74, 6) is 0. The van der Waals surface area contributed by atoms with Gasteiger partial charge in [-0.15, -0.1) is 11.3 Å². The predicted octanol–water partition coefficient (Wildman–Crippen LogP) is 3.22. The predicted molar refractivity (Wildman–Crippen MR) is 74.0 cm³/mol. The van der Waals surface area contributed by atoms with Crippen molar-refractivity contribution in [1.29, 1.82) is 0 Å². The number of hydrogen-bond acceptors (Lipinski definition) is 3. The van der Waals surface area contributed by atoms with Crippen LogP contribution in [0.5, 0.6) is 0 Å². The van der Waals surface area contributed by atoms with Gasteiger partial charge in [-0.05, 0) is 42.9 Å². The lowest BCUT2D eigenvalue weighted by molar-refractivity contribution is 0.182. The fraction of sp³-hybridized carbons (Fsp3) is 0.400. The number of aliphatic hydroxyl groups excluding tert-OH is 1. The van der Waals surface area contributed by atoms with Gasteiger partial charge in [-0.2, -0.15) is 0 Å². The van der Waals surface area contributed by atoms with Crippen molar-refractivity contribution >= 4 is 11.3 Å². The lowest BCUT2D eigenvalue weighted by Gasteiger charge is -2.09. The molecular weight excluding hydrogens is 242 g/mol. The van der Waals surface area contributed by atoms with Crippen molar-refractivity contribution in [1.82, 2.24) is 4.98 Å². The summed E-state index contributed by atoms with van der Waals surface area (Å²) in [5, 5.41) is 11.2. The number of benzene rings is 1. The third-order valence-corrected chi connectivity index (χ3v) is 4.57. The van der Waals surface area contributed by atoms with E-state index in [-0.39, 0.29) is 0 Å². The van der Waals surface area contributed by atoms with Crippen LogP contribution < -0.4 is 0 Å². The van der Waals surface area contributed by atoms with Crippen LogP contribution in [0.2, 0.25) is 0 Å². The fourth-order valence-corrected chi connectivity index (χ4v) is 3.38. The van der Waals surface area contributed by atoms with Crippen LogP contribution in [0.1, 0.15) is 39.1 Å². The van der Waals surface area contributed by atoms with Crippen LogP contribution in [0.3, 0.4) is 0 Å². The van der Waals surface area contributed by atoms with Gasteiger partial charge in [0.1, 0.15) is 0 Å². The van der Waals surface area contributed by atoms with E-state index in [1.165, 1.54) is 36.0 Å². The molecule has 1 aliphatic rings. The summed E-state index contributed by atoms with van der Waals surface area (Å²) in [6.07, 6.45) is 5.74. The summed E-state index contributed by atoms with van der Waals surface area (Å²) in [6, 6.07) is 6.64. The van der Waals surface area contributed by atoms with Crippen LogP contribution in [-0.4, -0.2) is 10.1 Å². The average molecular weight is 259 g/mol. The Balaban J connectivity index is 1.76. The number of thiazole rings is 1. The maximum Gasteiger partial charge on any atom is 0.0938 e. The summed E-state index contributed by atoms with van der Waals surface area (Å²) < 4.78 is 0. The van der Waals surface area contributed by atoms with E-state index in [9.17, 15) is 5.11 Å². The molecule has 3 heteroatoms. The molecule has 18 heavy (non-hydrogen) atoms. The van der Waals surface area contributed by atoms with Crippen LogP contribution in [0.4, 0.5) is 0 Å². The SMILES string of the molecule is Cc1ncc(C(O)Cc2ccc3c(c2)CCC3)s1. The third kappa shape index (κ3) is 2.33. The Morgan fingerprint density at radius 1 is 1.33 bits per heavy atom. The number of aryl methyl sites for hydroxylation is 3. The van der Waals surface area contributed by atoms with Gasteiger partial charge in [0.15, 0.2) is 0 Å². The summed E-state index contributed by atoms with van der Waals surface area (Å²) in [7, 11) is 0. The summed E-state index contributed by atoms with van der Waals surface area (Å²) in [4.78, 5) is 5.16. The normalized spacial score (nSPS) is 15.7. The van der Waals surface area contributed by atoms with Crippen molar-refractivity contribution in [2.45, 2.75) is 38.7 Å². The van der Waals surface area contributed by atoms with Gasteiger partial charge >= 0.3 is 0 Å². The van der Waals surface area contributed by atoms with Crippen molar-refractivity contribution < 1.29 is 5.11 Å². The first-order valence-corrected chi connectivity index (χ1v) is 7.25. The number of aliphatic hydroxyl groups is 1. The van der Waals surface area contributed by atoms with Crippen molar-refractivity contribution in [2.24, 2.45) is 0 Å². The van der Waals surface area contributed by atoms with Gasteiger partial charge < -0.3 is 5.11 Å². The first kappa shape index (κ1) is 11.9. The molecule has 1 unspecified atom stereocenters. The molecule has 1 aromatic heterocycles. The van der Waals surface area contributed by atoms with Crippen LogP contribution in [0.25, 0.3) is 0 Å². The molecule has 2 aromatic rings. The molecule has 94 valence electrons. The quantitative estimate of drug-likeness (QED) is 0.918. The number of nitrogens with zero attached hydrogens (tertiary/aromatic N) is 1. The van der Waals surface area contributed by atoms with Crippen LogP contribution in [0.15, 0.2) is 24.4 Å². The highest BCUT2D eigenvalue weighted by Crippen LogP contribution is 2.27. The van der Waals surface area contributed by atoms with Gasteiger partial charge in [0, 0.05) is 12.6 Å². The van der Waals surface area contributed by atoms with Gasteiger partial charge in [0.25, 0.3) is 0 Å². The lowest BCUT2D eigenvalue weighted by atomic mass is 10.0. The van der Waals surface area contributed by atoms with Gasteiger partial charge in [-0.25, -0.2) is 4.98 Å². The molecule has 1 N–H and O–H groups in total. The van der Waals surface area contributed by atoms with Gasteiger partial charge in [-0.3, -0.25) is 0 Å². The fourth-order valence-electron chi connectivity index (χ4n) is 2.61. The highest BCUT2D eigenvalue weighted by molar-refractivity contribution is 7.11. The number of fused-ring (bicyclic) bond motifs is 1. The molecule has 3 rings (SSSR count). The Morgan fingerprint density at radius 3 is 2.94 bits per heavy atom. The molecule has 0 fully saturated rings. The van der Waals surface area contributed by atoms with E-state index in [2.05, 4.69) is 23.2 Å². The van der Waals surface area contributed by atoms with Crippen LogP contribution >= 0.6 is 11.3 Å². The zero-order valence-electron chi connectivity index (χ0n) is 10.5. The molecule has 0 amide bonds. The van der Waals surface area contributed by atoms with Crippen molar-refractivity contribution in [3.63, 3.8) is 0 Å². The first-order valence-electron chi connectivity index (χ1n) is 6.43. The molecule has 0 aliphatic heterocycles. The van der Waals surface area contributed by atoms with E-state index in [0.29, 0.717) is 6.42 Å². The minimum Gasteiger partial charge on any atom is -0.387 e. The second kappa shape index (κ2) is 4.82. The van der Waals surface area contributed by atoms with Gasteiger partial charge in [0.05, 0.1) is 16.0 Å². The second-order valence-electron chi connectivity index (χ2n) is 4.96. The van der Waals surface area contributed by atoms with E-state index >= 15 is 0 Å². The van der Waals surface area contributed by atoms with E-state index in [1.54, 1.807) is 17.5 Å². The summed E-state index contributed by atoms with van der Waals surface area (Å²) >= 11 is 1.58. The average Bonchev–Trinajstić information content (AvgIpc) is 2.96. The number of aromatic nitrogens is 1. The van der Waals surface area contributed by atoms with Crippen LogP contribution in [-0.2, 0) is 19.3 Å². The van der Waals surface area contributed by atoms with E-state index in [0.717, 1.165) is 9.88 Å². The van der Waals surface area contributed by atoms with E-state index in [1.807, 2.05) is 6.92 Å². The topological polar surface area (TPSA) is 33.1 Å². The molecule has 1 heterocycles. The van der Waals surface area contributed by atoms with Crippen molar-refractivity contribution in [2.75, 3.05) is 0 Å². The van der Waals surface area contributed by atoms with Gasteiger partial charge in [-0.1, -0.05) is 18.2 Å². The van der Waals surface area contributed by atoms with Crippen molar-refractivity contribution in [3.05, 3.63) is 51.0 Å². The number of hydrogen-bond donors (Lipinski definition) is 1. The summed E-state index contributed by atoms with van der Waals surface area (Å²) in [6.45, 7) is 1.97. The molecule has 0 saturated heterocycles. The smallest absolute Gasteiger partial charge is 0.0938 e. The lowest BCUT2D eigenvalue weighted by Crippen LogP contribution is -2.00. The molecule has 2 nitrogen and oxygen atoms in total. The Morgan fingerprint density at radius 2 is 2.17 bits per heavy atom. The standard InChI is InChI=1S/C15H17NOS/c1-10-16-9-15(18-10)14(17)8-11-5-6-12-3-2-4-13(12)7-11/h5-7,9,14,17H,2-4,8H2,1H3. The molecule has 0 spiro atoms. The van der Waals surface area contributed by atoms with Crippen molar-refractivity contribution in [3.8, 4) is 0 Å². The maximum atomic E-state index is 10.2. The zero-order valence-corrected chi connectivity index (χ0v) is 11.3. The highest BCUT2D eigenvalue weighted by atomic mass is 32.1. The highest BCUT2D eigenvalue weighted by Gasteiger charge is 2.14. The molecule has 1 atom stereocenters. The Bertz CT molecular complexity index is 561. The minimum absolute atomic E-state index is 0.421. The number of rotatable bonds is 3. The molecule has 1 aliphatic carbocycles. The molecular formula is C15H17NOS. The first-order chi connectivity index (χ1) is 8.72. The maximum absolute atomic E-state index is 10.2. The Hall–Kier alpha value is -1.19. The molecule has 0 saturated carbocycles. The summed E-state index contributed by atoms with van der Waals surface area (Å²) in [5.41, 5.74) is 4.19. The second-order valence-corrected chi connectivity index (χ2v) is 6.22. The zero-order chi connectivity index (χ0) is 12.5. The molecule has 0 bridgehead atoms. The van der Waals surface area contributed by atoms with E-state index < -0.39 is 6.10 Å². The Labute approximate surface area is 111 Å². The Kier molecular flexibility index (Phi) is 3.18. The van der Waals surface area contributed by atoms with Gasteiger partial charge in [0.2, 0.25) is 0 Å². The van der Waals surface area contributed by atoms with Crippen LogP contribution in [0, 0.1) is 6.92 Å². The largest absolute Gasteiger partial charge is 0.387 e. The molecule has 1 aromatic carbocycles.